The third-order valence-electron chi connectivity index (χ3n) is 2.58. The number of nitrogens with one attached hydrogen (secondary N) is 1. The number of halogens is 1. The van der Waals surface area contributed by atoms with Gasteiger partial charge in [0.2, 0.25) is 0 Å². The van der Waals surface area contributed by atoms with E-state index in [2.05, 4.69) is 50.7 Å². The van der Waals surface area contributed by atoms with Gasteiger partial charge < -0.3 is 5.32 Å². The molecule has 2 nitrogen and oxygen atoms in total. The molecule has 0 spiro atoms. The van der Waals surface area contributed by atoms with Crippen molar-refractivity contribution in [3.63, 3.8) is 0 Å². The summed E-state index contributed by atoms with van der Waals surface area (Å²) in [5, 5.41) is 5.70. The predicted octanol–water partition coefficient (Wildman–Crippen LogP) is 3.80. The molecule has 0 saturated carbocycles. The van der Waals surface area contributed by atoms with Crippen molar-refractivity contribution in [3.8, 4) is 0 Å². The minimum Gasteiger partial charge on any atom is -0.310 e. The normalized spacial score (nSPS) is 12.6. The predicted molar refractivity (Wildman–Crippen MR) is 76.4 cm³/mol. The Morgan fingerprint density at radius 2 is 2.35 bits per heavy atom. The number of nitrogens with zero attached hydrogens (tertiary/aromatic N) is 1. The van der Waals surface area contributed by atoms with Gasteiger partial charge in [0, 0.05) is 24.4 Å². The van der Waals surface area contributed by atoms with Crippen LogP contribution in [0.2, 0.25) is 0 Å². The smallest absolute Gasteiger partial charge is 0.0701 e. The molecular formula is C13H15BrN2S. The molecule has 2 aromatic rings. The molecular weight excluding hydrogens is 296 g/mol. The largest absolute Gasteiger partial charge is 0.310 e. The van der Waals surface area contributed by atoms with E-state index in [4.69, 9.17) is 0 Å². The maximum Gasteiger partial charge on any atom is 0.0701 e. The minimum atomic E-state index is 0.345. The Morgan fingerprint density at radius 3 is 2.94 bits per heavy atom. The molecule has 17 heavy (non-hydrogen) atoms. The summed E-state index contributed by atoms with van der Waals surface area (Å²) in [5.74, 6) is 0. The Balaban J connectivity index is 2.13. The van der Waals surface area contributed by atoms with Gasteiger partial charge >= 0.3 is 0 Å². The summed E-state index contributed by atoms with van der Waals surface area (Å²) < 4.78 is 1.18. The molecule has 0 amide bonds. The first-order valence-electron chi connectivity index (χ1n) is 5.67. The van der Waals surface area contributed by atoms with Crippen LogP contribution in [0.5, 0.6) is 0 Å². The van der Waals surface area contributed by atoms with Crippen LogP contribution < -0.4 is 5.32 Å². The highest BCUT2D eigenvalue weighted by molar-refractivity contribution is 9.11. The van der Waals surface area contributed by atoms with Gasteiger partial charge in [0.05, 0.1) is 3.79 Å². The van der Waals surface area contributed by atoms with Gasteiger partial charge in [0.25, 0.3) is 0 Å². The molecule has 0 radical (unpaired) electrons. The maximum absolute atomic E-state index is 4.38. The van der Waals surface area contributed by atoms with Crippen molar-refractivity contribution in [1.82, 2.24) is 10.3 Å². The first-order chi connectivity index (χ1) is 8.29. The molecule has 1 unspecified atom stereocenters. The number of likely N-dealkylation sites (N-methyl/N-ethyl adjacent to an activating group) is 1. The van der Waals surface area contributed by atoms with E-state index in [1.165, 1.54) is 9.35 Å². The molecule has 0 bridgehead atoms. The van der Waals surface area contributed by atoms with Crippen molar-refractivity contribution < 1.29 is 0 Å². The molecule has 4 heteroatoms. The lowest BCUT2D eigenvalue weighted by Gasteiger charge is -2.16. The summed E-state index contributed by atoms with van der Waals surface area (Å²) in [5.41, 5.74) is 2.45. The van der Waals surface area contributed by atoms with E-state index in [1.54, 1.807) is 11.3 Å². The van der Waals surface area contributed by atoms with Gasteiger partial charge in [-0.1, -0.05) is 13.0 Å². The van der Waals surface area contributed by atoms with Crippen LogP contribution in [0.15, 0.2) is 39.6 Å². The molecule has 0 saturated heterocycles. The molecule has 1 N–H and O–H groups in total. The Hall–Kier alpha value is -0.710. The average molecular weight is 311 g/mol. The van der Waals surface area contributed by atoms with E-state index in [1.807, 2.05) is 18.3 Å². The monoisotopic (exact) mass is 310 g/mol. The third-order valence-corrected chi connectivity index (χ3v) is 4.10. The zero-order chi connectivity index (χ0) is 12.1. The molecule has 0 aliphatic carbocycles. The van der Waals surface area contributed by atoms with Crippen molar-refractivity contribution in [2.24, 2.45) is 0 Å². The summed E-state index contributed by atoms with van der Waals surface area (Å²) in [6, 6.07) is 8.59. The fourth-order valence-electron chi connectivity index (χ4n) is 1.79. The first kappa shape index (κ1) is 12.7. The van der Waals surface area contributed by atoms with Crippen molar-refractivity contribution in [2.75, 3.05) is 6.54 Å². The second-order valence-corrected chi connectivity index (χ2v) is 6.11. The van der Waals surface area contributed by atoms with Crippen molar-refractivity contribution in [1.29, 1.82) is 0 Å². The van der Waals surface area contributed by atoms with Crippen LogP contribution >= 0.6 is 27.3 Å². The molecule has 0 aliphatic rings. The van der Waals surface area contributed by atoms with E-state index in [9.17, 15) is 0 Å². The number of hydrogen-bond acceptors (Lipinski definition) is 3. The van der Waals surface area contributed by atoms with Crippen LogP contribution in [0.3, 0.4) is 0 Å². The van der Waals surface area contributed by atoms with E-state index in [-0.39, 0.29) is 0 Å². The molecule has 0 fully saturated rings. The first-order valence-corrected chi connectivity index (χ1v) is 7.34. The molecule has 90 valence electrons. The van der Waals surface area contributed by atoms with E-state index in [0.717, 1.165) is 18.7 Å². The highest BCUT2D eigenvalue weighted by Gasteiger charge is 2.13. The Morgan fingerprint density at radius 1 is 1.47 bits per heavy atom. The standard InChI is InChI=1S/C13H15BrN2S/c1-2-15-12(10-7-13(14)17-9-10)8-11-5-3-4-6-16-11/h3-7,9,12,15H,2,8H2,1H3. The number of hydrogen-bond donors (Lipinski definition) is 1. The van der Waals surface area contributed by atoms with Crippen molar-refractivity contribution in [2.45, 2.75) is 19.4 Å². The average Bonchev–Trinajstić information content (AvgIpc) is 2.77. The van der Waals surface area contributed by atoms with Gasteiger partial charge in [0.1, 0.15) is 0 Å². The minimum absolute atomic E-state index is 0.345. The molecule has 2 heterocycles. The highest BCUT2D eigenvalue weighted by Crippen LogP contribution is 2.27. The summed E-state index contributed by atoms with van der Waals surface area (Å²) >= 11 is 5.24. The second kappa shape index (κ2) is 6.28. The molecule has 2 aromatic heterocycles. The Kier molecular flexibility index (Phi) is 4.71. The van der Waals surface area contributed by atoms with Crippen molar-refractivity contribution >= 4 is 27.3 Å². The fraction of sp³-hybridized carbons (Fsp3) is 0.308. The van der Waals surface area contributed by atoms with Crippen LogP contribution in [0.1, 0.15) is 24.2 Å². The zero-order valence-electron chi connectivity index (χ0n) is 9.69. The van der Waals surface area contributed by atoms with Crippen LogP contribution in [-0.2, 0) is 6.42 Å². The number of thiophene rings is 1. The summed E-state index contributed by atoms with van der Waals surface area (Å²) in [7, 11) is 0. The van der Waals surface area contributed by atoms with Crippen LogP contribution in [0.4, 0.5) is 0 Å². The van der Waals surface area contributed by atoms with E-state index < -0.39 is 0 Å². The summed E-state index contributed by atoms with van der Waals surface area (Å²) in [6.45, 7) is 3.10. The molecule has 0 aliphatic heterocycles. The lowest BCUT2D eigenvalue weighted by atomic mass is 10.0. The van der Waals surface area contributed by atoms with Crippen LogP contribution in [0.25, 0.3) is 0 Å². The van der Waals surface area contributed by atoms with E-state index in [0.29, 0.717) is 6.04 Å². The number of aromatic nitrogens is 1. The molecule has 2 rings (SSSR count). The Labute approximate surface area is 114 Å². The van der Waals surface area contributed by atoms with Crippen LogP contribution in [0, 0.1) is 0 Å². The van der Waals surface area contributed by atoms with Gasteiger partial charge in [-0.05, 0) is 51.6 Å². The SMILES string of the molecule is CCNC(Cc1ccccn1)c1csc(Br)c1. The van der Waals surface area contributed by atoms with Gasteiger partial charge in [0.15, 0.2) is 0 Å². The van der Waals surface area contributed by atoms with E-state index >= 15 is 0 Å². The molecule has 0 aromatic carbocycles. The zero-order valence-corrected chi connectivity index (χ0v) is 12.1. The maximum atomic E-state index is 4.38. The fourth-order valence-corrected chi connectivity index (χ4v) is 3.02. The summed E-state index contributed by atoms with van der Waals surface area (Å²) in [4.78, 5) is 4.38. The topological polar surface area (TPSA) is 24.9 Å². The van der Waals surface area contributed by atoms with Gasteiger partial charge in [-0.3, -0.25) is 4.98 Å². The lowest BCUT2D eigenvalue weighted by Crippen LogP contribution is -2.22. The third kappa shape index (κ3) is 3.63. The Bertz CT molecular complexity index is 455. The number of pyridine rings is 1. The van der Waals surface area contributed by atoms with Crippen LogP contribution in [-0.4, -0.2) is 11.5 Å². The van der Waals surface area contributed by atoms with Gasteiger partial charge in [-0.15, -0.1) is 11.3 Å². The summed E-state index contributed by atoms with van der Waals surface area (Å²) in [6.07, 6.45) is 2.78. The quantitative estimate of drug-likeness (QED) is 0.908. The number of rotatable bonds is 5. The lowest BCUT2D eigenvalue weighted by molar-refractivity contribution is 0.545. The van der Waals surface area contributed by atoms with Crippen molar-refractivity contribution in [3.05, 3.63) is 50.9 Å². The molecule has 1 atom stereocenters. The highest BCUT2D eigenvalue weighted by atomic mass is 79.9. The second-order valence-electron chi connectivity index (χ2n) is 3.82. The van der Waals surface area contributed by atoms with Gasteiger partial charge in [-0.25, -0.2) is 0 Å². The van der Waals surface area contributed by atoms with Gasteiger partial charge in [-0.2, -0.15) is 0 Å².